The summed E-state index contributed by atoms with van der Waals surface area (Å²) >= 11 is 4.77. The average Bonchev–Trinajstić information content (AvgIpc) is 3.87. The van der Waals surface area contributed by atoms with Crippen LogP contribution in [0, 0.1) is 0 Å². The van der Waals surface area contributed by atoms with Gasteiger partial charge < -0.3 is 19.1 Å². The molecule has 0 radical (unpaired) electrons. The van der Waals surface area contributed by atoms with Crippen LogP contribution in [0.25, 0.3) is 37.5 Å². The van der Waals surface area contributed by atoms with Gasteiger partial charge >= 0.3 is 0 Å². The van der Waals surface area contributed by atoms with E-state index in [2.05, 4.69) is 72.4 Å². The largest absolute Gasteiger partial charge is 0.748 e. The molecule has 0 fully saturated rings. The average molecular weight is 844 g/mol. The van der Waals surface area contributed by atoms with Gasteiger partial charge in [0, 0.05) is 41.1 Å². The van der Waals surface area contributed by atoms with Crippen LogP contribution in [0.2, 0.25) is 0 Å². The maximum Gasteiger partial charge on any atom is 0.264 e. The predicted octanol–water partition coefficient (Wildman–Crippen LogP) is 8.89. The van der Waals surface area contributed by atoms with Crippen LogP contribution in [0.3, 0.4) is 0 Å². The predicted molar refractivity (Wildman–Crippen MR) is 229 cm³/mol. The number of nitrogens with zero attached hydrogens (tertiary/aromatic N) is 3. The van der Waals surface area contributed by atoms with Gasteiger partial charge in [0.05, 0.1) is 33.7 Å². The molecule has 0 unspecified atom stereocenters. The van der Waals surface area contributed by atoms with Gasteiger partial charge in [0.15, 0.2) is 6.54 Å². The Balaban J connectivity index is 0.000000757. The molecular weight excluding hydrogens is 795 g/mol. The highest BCUT2D eigenvalue weighted by Gasteiger charge is 2.28. The van der Waals surface area contributed by atoms with E-state index in [9.17, 15) is 25.9 Å². The summed E-state index contributed by atoms with van der Waals surface area (Å²) in [7, 11) is -6.83. The first-order valence-electron chi connectivity index (χ1n) is 18.4. The van der Waals surface area contributed by atoms with Gasteiger partial charge in [-0.1, -0.05) is 87.2 Å². The van der Waals surface area contributed by atoms with Gasteiger partial charge in [-0.15, -0.1) is 11.3 Å². The number of thioether (sulfide) groups is 1. The van der Waals surface area contributed by atoms with Crippen LogP contribution in [-0.4, -0.2) is 75.6 Å². The van der Waals surface area contributed by atoms with Gasteiger partial charge in [0.1, 0.15) is 15.1 Å². The zero-order valence-electron chi connectivity index (χ0n) is 31.9. The van der Waals surface area contributed by atoms with Crippen LogP contribution in [0.15, 0.2) is 87.6 Å². The Kier molecular flexibility index (Phi) is 15.0. The molecule has 0 bridgehead atoms. The number of ether oxygens (including phenoxy) is 1. The molecule has 0 saturated heterocycles. The highest BCUT2D eigenvalue weighted by Crippen LogP contribution is 2.48. The molecule has 0 amide bonds. The summed E-state index contributed by atoms with van der Waals surface area (Å²) in [6, 6.07) is 20.3. The van der Waals surface area contributed by atoms with Crippen molar-refractivity contribution < 1.29 is 35.2 Å². The Morgan fingerprint density at radius 3 is 2.29 bits per heavy atom. The number of aryl methyl sites for hydroxylation is 1. The lowest BCUT2D eigenvalue weighted by molar-refractivity contribution is -0.667. The van der Waals surface area contributed by atoms with Crippen LogP contribution in [0.5, 0.6) is 5.75 Å². The standard InChI is InChI=1S/C34H34N2O7S5.C6H15N/c1-3-23(20-32-36(15-8-18-48(40,41)42)33-30(46-32)22-28(43-2)26-13-16-44-34(26)33)19-31-35(14-7-17-47(37,38)39)27-21-25(11-12-29(27)45-31)24-9-5-4-6-10-24;1-4-7(5-2)6-3/h4-6,9-13,16,19-22H,3,7-8,14-15,17-18H2,1-2H3,(H-,37,38,39,40,41,42);4-6H2,1-3H3. The molecule has 1 aliphatic heterocycles. The van der Waals surface area contributed by atoms with E-state index in [0.29, 0.717) is 19.5 Å². The SMILES string of the molecule is CCC(/C=C1\Sc2ccc(-c3ccccc3)cc2N1CCCS(=O)(=O)O)=C\c1sc2cc(OC)c3ccsc3c2[n+]1CCCS(=O)(=O)[O-].CCN(CC)CC. The first-order valence-corrected chi connectivity index (χ1v) is 24.1. The minimum atomic E-state index is -4.36. The van der Waals surface area contributed by atoms with Crippen LogP contribution in [0.4, 0.5) is 5.69 Å². The van der Waals surface area contributed by atoms with E-state index in [1.54, 1.807) is 41.5 Å². The van der Waals surface area contributed by atoms with Gasteiger partial charge in [-0.3, -0.25) is 4.55 Å². The number of benzene rings is 3. The Hall–Kier alpha value is -3.28. The topological polar surface area (TPSA) is 131 Å². The van der Waals surface area contributed by atoms with E-state index in [-0.39, 0.29) is 18.6 Å². The summed E-state index contributed by atoms with van der Waals surface area (Å²) in [5.74, 6) is -0.0290. The number of thiophene rings is 1. The van der Waals surface area contributed by atoms with Gasteiger partial charge in [0.2, 0.25) is 5.52 Å². The van der Waals surface area contributed by atoms with Crippen molar-refractivity contribution in [3.8, 4) is 16.9 Å². The second-order valence-electron chi connectivity index (χ2n) is 12.9. The van der Waals surface area contributed by atoms with Crippen molar-refractivity contribution in [1.82, 2.24) is 4.90 Å². The second kappa shape index (κ2) is 19.2. The molecule has 55 heavy (non-hydrogen) atoms. The molecule has 3 aromatic carbocycles. The third-order valence-electron chi connectivity index (χ3n) is 9.38. The van der Waals surface area contributed by atoms with Gasteiger partial charge in [-0.25, -0.2) is 8.42 Å². The minimum absolute atomic E-state index is 0.182. The fourth-order valence-corrected chi connectivity index (χ4v) is 10.8. The molecule has 10 nitrogen and oxygen atoms in total. The van der Waals surface area contributed by atoms with Crippen molar-refractivity contribution in [2.45, 2.75) is 58.4 Å². The van der Waals surface area contributed by atoms with Crippen LogP contribution < -0.4 is 14.2 Å². The molecule has 1 aliphatic rings. The number of aromatic nitrogens is 1. The van der Waals surface area contributed by atoms with E-state index in [1.165, 1.54) is 19.6 Å². The summed E-state index contributed by atoms with van der Waals surface area (Å²) in [6.45, 7) is 12.9. The van der Waals surface area contributed by atoms with Crippen LogP contribution in [-0.2, 0) is 26.8 Å². The number of fused-ring (bicyclic) bond motifs is 4. The van der Waals surface area contributed by atoms with Crippen molar-refractivity contribution >= 4 is 86.7 Å². The fourth-order valence-electron chi connectivity index (χ4n) is 6.46. The highest BCUT2D eigenvalue weighted by atomic mass is 32.2. The molecule has 0 spiro atoms. The minimum Gasteiger partial charge on any atom is -0.748 e. The first kappa shape index (κ1) is 42.9. The lowest BCUT2D eigenvalue weighted by Gasteiger charge is -2.21. The van der Waals surface area contributed by atoms with Crippen molar-refractivity contribution in [2.24, 2.45) is 0 Å². The molecule has 1 N–H and O–H groups in total. The third-order valence-corrected chi connectivity index (χ3v) is 14.1. The number of hydrogen-bond acceptors (Lipinski definition) is 11. The maximum atomic E-state index is 11.6. The van der Waals surface area contributed by atoms with E-state index < -0.39 is 26.0 Å². The summed E-state index contributed by atoms with van der Waals surface area (Å²) in [5, 5.41) is 4.82. The van der Waals surface area contributed by atoms with Crippen molar-refractivity contribution in [3.63, 3.8) is 0 Å². The van der Waals surface area contributed by atoms with E-state index in [0.717, 1.165) is 63.4 Å². The lowest BCUT2D eigenvalue weighted by Crippen LogP contribution is -2.36. The zero-order valence-corrected chi connectivity index (χ0v) is 35.9. The molecule has 0 saturated carbocycles. The Labute approximate surface area is 337 Å². The van der Waals surface area contributed by atoms with Gasteiger partial charge in [-0.05, 0) is 78.8 Å². The highest BCUT2D eigenvalue weighted by molar-refractivity contribution is 8.03. The number of allylic oxidation sites excluding steroid dienone is 2. The molecule has 6 rings (SSSR count). The Morgan fingerprint density at radius 2 is 1.67 bits per heavy atom. The van der Waals surface area contributed by atoms with Crippen LogP contribution >= 0.6 is 34.4 Å². The molecule has 0 aliphatic carbocycles. The number of rotatable bonds is 16. The second-order valence-corrected chi connectivity index (χ2v) is 19.0. The number of hydrogen-bond donors (Lipinski definition) is 1. The van der Waals surface area contributed by atoms with E-state index in [1.807, 2.05) is 47.8 Å². The first-order chi connectivity index (χ1) is 26.3. The van der Waals surface area contributed by atoms with Gasteiger partial charge in [0.25, 0.3) is 15.1 Å². The van der Waals surface area contributed by atoms with E-state index >= 15 is 0 Å². The molecule has 296 valence electrons. The van der Waals surface area contributed by atoms with Crippen LogP contribution in [0.1, 0.15) is 52.0 Å². The molecule has 2 aromatic heterocycles. The van der Waals surface area contributed by atoms with E-state index in [4.69, 9.17) is 4.74 Å². The summed E-state index contributed by atoms with van der Waals surface area (Å²) in [5.41, 5.74) is 5.08. The molecule has 3 heterocycles. The molecule has 0 atom stereocenters. The molecule has 15 heteroatoms. The normalized spacial score (nSPS) is 14.2. The summed E-state index contributed by atoms with van der Waals surface area (Å²) in [6.07, 6.45) is 5.33. The Morgan fingerprint density at radius 1 is 0.945 bits per heavy atom. The smallest absolute Gasteiger partial charge is 0.264 e. The summed E-state index contributed by atoms with van der Waals surface area (Å²) < 4.78 is 76.9. The zero-order chi connectivity index (χ0) is 39.8. The number of thiazole rings is 1. The fraction of sp³-hybridized carbons (Fsp3) is 0.375. The number of anilines is 1. The number of methoxy groups -OCH3 is 1. The quantitative estimate of drug-likeness (QED) is 0.0759. The monoisotopic (exact) mass is 843 g/mol. The third kappa shape index (κ3) is 11.2. The van der Waals surface area contributed by atoms with Crippen molar-refractivity contribution in [1.29, 1.82) is 0 Å². The van der Waals surface area contributed by atoms with Crippen molar-refractivity contribution in [2.75, 3.05) is 49.7 Å². The van der Waals surface area contributed by atoms with Gasteiger partial charge in [-0.2, -0.15) is 13.0 Å². The maximum absolute atomic E-state index is 11.6. The summed E-state index contributed by atoms with van der Waals surface area (Å²) in [4.78, 5) is 5.53. The van der Waals surface area contributed by atoms with Crippen molar-refractivity contribution in [3.05, 3.63) is 87.7 Å². The Bertz CT molecular complexity index is 2360. The molecule has 5 aromatic rings. The molecular formula is C40H49N3O7S5. The lowest BCUT2D eigenvalue weighted by atomic mass is 10.0.